The van der Waals surface area contributed by atoms with Crippen LogP contribution in [0.15, 0.2) is 36.4 Å². The van der Waals surface area contributed by atoms with Gasteiger partial charge >= 0.3 is 12.1 Å². The highest BCUT2D eigenvalue weighted by Gasteiger charge is 2.38. The molecule has 3 rings (SSSR count). The van der Waals surface area contributed by atoms with Gasteiger partial charge in [-0.1, -0.05) is 12.1 Å². The Morgan fingerprint density at radius 1 is 1.17 bits per heavy atom. The van der Waals surface area contributed by atoms with E-state index in [0.717, 1.165) is 20.8 Å². The van der Waals surface area contributed by atoms with E-state index in [1.165, 1.54) is 37.3 Å². The summed E-state index contributed by atoms with van der Waals surface area (Å²) in [7, 11) is 0. The van der Waals surface area contributed by atoms with Gasteiger partial charge in [-0.15, -0.1) is 11.3 Å². The van der Waals surface area contributed by atoms with Crippen molar-refractivity contribution in [2.24, 2.45) is 0 Å². The third-order valence-corrected chi connectivity index (χ3v) is 5.13. The second-order valence-electron chi connectivity index (χ2n) is 6.27. The Hall–Kier alpha value is -3.21. The third-order valence-electron chi connectivity index (χ3n) is 4.01. The minimum absolute atomic E-state index is 0.0963. The van der Waals surface area contributed by atoms with Crippen LogP contribution in [0.3, 0.4) is 0 Å². The SMILES string of the molecule is CC(=O)NCc1ccc(C(=O)COC(=O)Cn2c(C(F)(F)F)nc3ccccc32)s1. The first kappa shape index (κ1) is 21.5. The molecule has 0 saturated heterocycles. The number of para-hydroxylation sites is 2. The molecule has 0 bridgehead atoms. The van der Waals surface area contributed by atoms with Crippen molar-refractivity contribution in [2.45, 2.75) is 26.2 Å². The molecule has 1 amide bonds. The molecular formula is C19H16F3N3O4S. The fourth-order valence-corrected chi connectivity index (χ4v) is 3.55. The number of aromatic nitrogens is 2. The number of ether oxygens (including phenoxy) is 1. The molecule has 2 heterocycles. The molecule has 7 nitrogen and oxygen atoms in total. The molecule has 0 unspecified atom stereocenters. The zero-order valence-electron chi connectivity index (χ0n) is 15.7. The second kappa shape index (κ2) is 8.66. The number of Topliss-reactive ketones (excluding diaryl/α,β-unsaturated/α-hetero) is 1. The fraction of sp³-hybridized carbons (Fsp3) is 0.263. The highest BCUT2D eigenvalue weighted by Crippen LogP contribution is 2.31. The summed E-state index contributed by atoms with van der Waals surface area (Å²) in [5.74, 6) is -2.91. The Balaban J connectivity index is 1.65. The number of ketones is 1. The standard InChI is InChI=1S/C19H16F3N3O4S/c1-11(26)23-8-12-6-7-16(30-12)15(27)10-29-17(28)9-25-14-5-3-2-4-13(14)24-18(25)19(20,21)22/h2-7H,8-10H2,1H3,(H,23,26). The van der Waals surface area contributed by atoms with Gasteiger partial charge in [0.15, 0.2) is 6.61 Å². The number of carbonyl (C=O) groups is 3. The number of fused-ring (bicyclic) bond motifs is 1. The van der Waals surface area contributed by atoms with Gasteiger partial charge in [-0.05, 0) is 24.3 Å². The molecule has 0 spiro atoms. The van der Waals surface area contributed by atoms with Crippen LogP contribution in [0, 0.1) is 0 Å². The summed E-state index contributed by atoms with van der Waals surface area (Å²) in [6, 6.07) is 9.08. The average Bonchev–Trinajstić information content (AvgIpc) is 3.29. The van der Waals surface area contributed by atoms with Gasteiger partial charge in [-0.25, -0.2) is 4.98 Å². The fourth-order valence-electron chi connectivity index (χ4n) is 2.68. The van der Waals surface area contributed by atoms with E-state index in [4.69, 9.17) is 4.74 Å². The number of nitrogens with one attached hydrogen (secondary N) is 1. The van der Waals surface area contributed by atoms with E-state index < -0.39 is 36.9 Å². The molecule has 0 radical (unpaired) electrons. The van der Waals surface area contributed by atoms with Gasteiger partial charge in [0.1, 0.15) is 6.54 Å². The van der Waals surface area contributed by atoms with Crippen LogP contribution in [0.4, 0.5) is 13.2 Å². The maximum atomic E-state index is 13.3. The number of esters is 1. The number of imidazole rings is 1. The van der Waals surface area contributed by atoms with Crippen molar-refractivity contribution in [1.29, 1.82) is 0 Å². The van der Waals surface area contributed by atoms with Gasteiger partial charge in [-0.3, -0.25) is 14.4 Å². The van der Waals surface area contributed by atoms with Crippen LogP contribution >= 0.6 is 11.3 Å². The number of carbonyl (C=O) groups excluding carboxylic acids is 3. The van der Waals surface area contributed by atoms with Crippen LogP contribution in [0.25, 0.3) is 11.0 Å². The molecule has 0 aliphatic carbocycles. The van der Waals surface area contributed by atoms with Crippen molar-refractivity contribution in [2.75, 3.05) is 6.61 Å². The van der Waals surface area contributed by atoms with Crippen LogP contribution in [-0.2, 0) is 33.6 Å². The van der Waals surface area contributed by atoms with E-state index in [-0.39, 0.29) is 23.5 Å². The van der Waals surface area contributed by atoms with Crippen LogP contribution < -0.4 is 5.32 Å². The topological polar surface area (TPSA) is 90.3 Å². The summed E-state index contributed by atoms with van der Waals surface area (Å²) in [5, 5.41) is 2.60. The Morgan fingerprint density at radius 3 is 2.60 bits per heavy atom. The van der Waals surface area contributed by atoms with Crippen LogP contribution in [0.5, 0.6) is 0 Å². The summed E-state index contributed by atoms with van der Waals surface area (Å²) in [6.45, 7) is 0.293. The summed E-state index contributed by atoms with van der Waals surface area (Å²) in [4.78, 5) is 39.8. The molecule has 0 saturated carbocycles. The van der Waals surface area contributed by atoms with E-state index >= 15 is 0 Å². The number of halogens is 3. The van der Waals surface area contributed by atoms with E-state index in [1.807, 2.05) is 0 Å². The predicted molar refractivity (Wildman–Crippen MR) is 102 cm³/mol. The van der Waals surface area contributed by atoms with Crippen molar-refractivity contribution in [3.8, 4) is 0 Å². The first-order valence-corrected chi connectivity index (χ1v) is 9.51. The quantitative estimate of drug-likeness (QED) is 0.451. The summed E-state index contributed by atoms with van der Waals surface area (Å²) in [6.07, 6.45) is -4.75. The maximum Gasteiger partial charge on any atom is 0.449 e. The second-order valence-corrected chi connectivity index (χ2v) is 7.44. The molecule has 0 atom stereocenters. The van der Waals surface area contributed by atoms with Crippen LogP contribution in [0.2, 0.25) is 0 Å². The monoisotopic (exact) mass is 439 g/mol. The minimum Gasteiger partial charge on any atom is -0.456 e. The number of rotatable bonds is 7. The van der Waals surface area contributed by atoms with Crippen LogP contribution in [-0.4, -0.2) is 33.8 Å². The number of hydrogen-bond acceptors (Lipinski definition) is 6. The molecule has 11 heteroatoms. The van der Waals surface area contributed by atoms with Crippen molar-refractivity contribution >= 4 is 40.0 Å². The molecule has 3 aromatic rings. The molecule has 158 valence electrons. The number of alkyl halides is 3. The Labute approximate surface area is 172 Å². The summed E-state index contributed by atoms with van der Waals surface area (Å²) >= 11 is 1.13. The first-order valence-electron chi connectivity index (χ1n) is 8.69. The van der Waals surface area contributed by atoms with Crippen LogP contribution in [0.1, 0.15) is 27.3 Å². The molecule has 2 aromatic heterocycles. The van der Waals surface area contributed by atoms with Crippen molar-refractivity contribution in [3.63, 3.8) is 0 Å². The van der Waals surface area contributed by atoms with Gasteiger partial charge in [0.05, 0.1) is 22.5 Å². The smallest absolute Gasteiger partial charge is 0.449 e. The van der Waals surface area contributed by atoms with Gasteiger partial charge < -0.3 is 14.6 Å². The lowest BCUT2D eigenvalue weighted by molar-refractivity contribution is -0.150. The summed E-state index contributed by atoms with van der Waals surface area (Å²) in [5.41, 5.74) is 0.230. The van der Waals surface area contributed by atoms with Gasteiger partial charge in [0.2, 0.25) is 17.5 Å². The van der Waals surface area contributed by atoms with E-state index in [2.05, 4.69) is 10.3 Å². The van der Waals surface area contributed by atoms with Crippen molar-refractivity contribution < 1.29 is 32.3 Å². The average molecular weight is 439 g/mol. The van der Waals surface area contributed by atoms with Crippen molar-refractivity contribution in [1.82, 2.24) is 14.9 Å². The Kier molecular flexibility index (Phi) is 6.20. The number of hydrogen-bond donors (Lipinski definition) is 1. The molecular weight excluding hydrogens is 423 g/mol. The Bertz CT molecular complexity index is 1100. The number of nitrogens with zero attached hydrogens (tertiary/aromatic N) is 2. The van der Waals surface area contributed by atoms with E-state index in [9.17, 15) is 27.6 Å². The normalized spacial score (nSPS) is 11.5. The Morgan fingerprint density at radius 2 is 1.90 bits per heavy atom. The zero-order chi connectivity index (χ0) is 21.9. The predicted octanol–water partition coefficient (Wildman–Crippen LogP) is 3.18. The highest BCUT2D eigenvalue weighted by atomic mass is 32.1. The molecule has 0 aliphatic heterocycles. The van der Waals surface area contributed by atoms with Gasteiger partial charge in [0.25, 0.3) is 0 Å². The van der Waals surface area contributed by atoms with Gasteiger partial charge in [-0.2, -0.15) is 13.2 Å². The summed E-state index contributed by atoms with van der Waals surface area (Å²) < 4.78 is 45.4. The van der Waals surface area contributed by atoms with E-state index in [1.54, 1.807) is 6.07 Å². The lowest BCUT2D eigenvalue weighted by Gasteiger charge is -2.11. The zero-order valence-corrected chi connectivity index (χ0v) is 16.5. The maximum absolute atomic E-state index is 13.3. The first-order chi connectivity index (χ1) is 14.1. The number of benzene rings is 1. The van der Waals surface area contributed by atoms with Crippen molar-refractivity contribution in [3.05, 3.63) is 52.0 Å². The molecule has 1 N–H and O–H groups in total. The molecule has 0 fully saturated rings. The largest absolute Gasteiger partial charge is 0.456 e. The number of amides is 1. The van der Waals surface area contributed by atoms with Gasteiger partial charge in [0, 0.05) is 11.8 Å². The molecule has 1 aromatic carbocycles. The highest BCUT2D eigenvalue weighted by molar-refractivity contribution is 7.14. The third kappa shape index (κ3) is 5.03. The lowest BCUT2D eigenvalue weighted by atomic mass is 10.3. The molecule has 30 heavy (non-hydrogen) atoms. The lowest BCUT2D eigenvalue weighted by Crippen LogP contribution is -2.22. The minimum atomic E-state index is -4.75. The van der Waals surface area contributed by atoms with E-state index in [0.29, 0.717) is 4.88 Å². The number of thiophene rings is 1. The molecule has 0 aliphatic rings.